The summed E-state index contributed by atoms with van der Waals surface area (Å²) >= 11 is 8.63. The quantitative estimate of drug-likeness (QED) is 0.756. The normalized spacial score (nSPS) is 12.0. The fourth-order valence-electron chi connectivity index (χ4n) is 1.57. The van der Waals surface area contributed by atoms with Crippen LogP contribution in [0.25, 0.3) is 0 Å². The lowest BCUT2D eigenvalue weighted by Crippen LogP contribution is -2.35. The van der Waals surface area contributed by atoms with Crippen molar-refractivity contribution >= 4 is 33.3 Å². The Morgan fingerprint density at radius 3 is 2.50 bits per heavy atom. The molecular weight excluding hydrogens is 332 g/mol. The van der Waals surface area contributed by atoms with Gasteiger partial charge in [-0.3, -0.25) is 0 Å². The molecule has 0 amide bonds. The first-order valence-electron chi connectivity index (χ1n) is 5.32. The SMILES string of the molecule is CC(C)N(CCCl)c1ncc(Br)cc1C(F)(F)F. The molecule has 7 heteroatoms. The van der Waals surface area contributed by atoms with Gasteiger partial charge < -0.3 is 4.90 Å². The molecule has 102 valence electrons. The molecule has 2 nitrogen and oxygen atoms in total. The number of hydrogen-bond acceptors (Lipinski definition) is 2. The van der Waals surface area contributed by atoms with Gasteiger partial charge in [0.15, 0.2) is 0 Å². The van der Waals surface area contributed by atoms with Crippen molar-refractivity contribution in [3.8, 4) is 0 Å². The number of anilines is 1. The second kappa shape index (κ2) is 6.10. The van der Waals surface area contributed by atoms with E-state index in [1.807, 2.05) is 0 Å². The largest absolute Gasteiger partial charge is 0.419 e. The first kappa shape index (κ1) is 15.6. The van der Waals surface area contributed by atoms with E-state index < -0.39 is 11.7 Å². The molecule has 0 spiro atoms. The van der Waals surface area contributed by atoms with Crippen LogP contribution >= 0.6 is 27.5 Å². The van der Waals surface area contributed by atoms with Crippen LogP contribution in [0, 0.1) is 0 Å². The summed E-state index contributed by atoms with van der Waals surface area (Å²) in [5.74, 6) is 0.161. The fourth-order valence-corrected chi connectivity index (χ4v) is 2.08. The zero-order chi connectivity index (χ0) is 13.9. The van der Waals surface area contributed by atoms with Crippen molar-refractivity contribution in [1.82, 2.24) is 4.98 Å². The molecule has 0 atom stereocenters. The molecule has 1 heterocycles. The molecule has 0 aromatic carbocycles. The fraction of sp³-hybridized carbons (Fsp3) is 0.545. The number of halogens is 5. The predicted molar refractivity (Wildman–Crippen MR) is 70.1 cm³/mol. The van der Waals surface area contributed by atoms with Crippen LogP contribution < -0.4 is 4.90 Å². The van der Waals surface area contributed by atoms with Crippen LogP contribution in [0.2, 0.25) is 0 Å². The molecule has 0 saturated carbocycles. The van der Waals surface area contributed by atoms with E-state index >= 15 is 0 Å². The van der Waals surface area contributed by atoms with Crippen molar-refractivity contribution in [3.05, 3.63) is 22.3 Å². The third-order valence-corrected chi connectivity index (χ3v) is 2.96. The number of rotatable bonds is 4. The Balaban J connectivity index is 3.29. The van der Waals surface area contributed by atoms with Gasteiger partial charge in [-0.05, 0) is 35.8 Å². The Morgan fingerprint density at radius 2 is 2.06 bits per heavy atom. The molecule has 1 aromatic heterocycles. The van der Waals surface area contributed by atoms with Crippen molar-refractivity contribution < 1.29 is 13.2 Å². The highest BCUT2D eigenvalue weighted by Crippen LogP contribution is 2.37. The highest BCUT2D eigenvalue weighted by Gasteiger charge is 2.36. The highest BCUT2D eigenvalue weighted by atomic mass is 79.9. The average Bonchev–Trinajstić information content (AvgIpc) is 2.24. The smallest absolute Gasteiger partial charge is 0.352 e. The van der Waals surface area contributed by atoms with E-state index in [2.05, 4.69) is 20.9 Å². The van der Waals surface area contributed by atoms with Crippen molar-refractivity contribution in [2.24, 2.45) is 0 Å². The topological polar surface area (TPSA) is 16.1 Å². The Bertz CT molecular complexity index is 410. The van der Waals surface area contributed by atoms with E-state index in [4.69, 9.17) is 11.6 Å². The summed E-state index contributed by atoms with van der Waals surface area (Å²) in [4.78, 5) is 5.43. The first-order valence-corrected chi connectivity index (χ1v) is 6.65. The van der Waals surface area contributed by atoms with Gasteiger partial charge in [-0.15, -0.1) is 11.6 Å². The van der Waals surface area contributed by atoms with Gasteiger partial charge in [-0.1, -0.05) is 0 Å². The minimum Gasteiger partial charge on any atom is -0.352 e. The van der Waals surface area contributed by atoms with E-state index in [1.54, 1.807) is 18.7 Å². The molecule has 0 radical (unpaired) electrons. The lowest BCUT2D eigenvalue weighted by molar-refractivity contribution is -0.137. The van der Waals surface area contributed by atoms with E-state index in [1.165, 1.54) is 6.20 Å². The molecule has 0 saturated heterocycles. The Labute approximate surface area is 117 Å². The second-order valence-electron chi connectivity index (χ2n) is 4.00. The molecule has 1 rings (SSSR count). The Hall–Kier alpha value is -0.490. The molecule has 0 unspecified atom stereocenters. The number of alkyl halides is 4. The van der Waals surface area contributed by atoms with Crippen molar-refractivity contribution in [2.75, 3.05) is 17.3 Å². The van der Waals surface area contributed by atoms with Gasteiger partial charge in [-0.2, -0.15) is 13.2 Å². The number of nitrogens with zero attached hydrogens (tertiary/aromatic N) is 2. The second-order valence-corrected chi connectivity index (χ2v) is 5.29. The Kier molecular flexibility index (Phi) is 5.28. The molecule has 0 aliphatic heterocycles. The van der Waals surface area contributed by atoms with E-state index in [0.717, 1.165) is 6.07 Å². The van der Waals surface area contributed by atoms with Crippen LogP contribution in [0.5, 0.6) is 0 Å². The van der Waals surface area contributed by atoms with Crippen LogP contribution in [-0.2, 0) is 6.18 Å². The summed E-state index contributed by atoms with van der Waals surface area (Å²) in [5.41, 5.74) is -0.754. The molecule has 1 aromatic rings. The molecule has 18 heavy (non-hydrogen) atoms. The van der Waals surface area contributed by atoms with E-state index in [0.29, 0.717) is 11.0 Å². The van der Waals surface area contributed by atoms with Crippen LogP contribution in [-0.4, -0.2) is 23.5 Å². The standard InChI is InChI=1S/C11H13BrClF3N2/c1-7(2)18(4-3-13)10-9(11(14,15)16)5-8(12)6-17-10/h5-7H,3-4H2,1-2H3. The summed E-state index contributed by atoms with van der Waals surface area (Å²) < 4.78 is 39.2. The summed E-state index contributed by atoms with van der Waals surface area (Å²) in [5, 5.41) is 0. The molecule has 0 N–H and O–H groups in total. The summed E-state index contributed by atoms with van der Waals surface area (Å²) in [6.07, 6.45) is -3.08. The van der Waals surface area contributed by atoms with Gasteiger partial charge in [0.25, 0.3) is 0 Å². The monoisotopic (exact) mass is 344 g/mol. The highest BCUT2D eigenvalue weighted by molar-refractivity contribution is 9.10. The summed E-state index contributed by atoms with van der Waals surface area (Å²) in [6.45, 7) is 3.92. The molecule has 0 aliphatic rings. The maximum Gasteiger partial charge on any atom is 0.419 e. The minimum absolute atomic E-state index is 0.0821. The van der Waals surface area contributed by atoms with Crippen molar-refractivity contribution in [2.45, 2.75) is 26.1 Å². The van der Waals surface area contributed by atoms with Crippen LogP contribution in [0.4, 0.5) is 19.0 Å². The van der Waals surface area contributed by atoms with E-state index in [-0.39, 0.29) is 17.7 Å². The van der Waals surface area contributed by atoms with Crippen molar-refractivity contribution in [1.29, 1.82) is 0 Å². The molecule has 0 bridgehead atoms. The van der Waals surface area contributed by atoms with Crippen LogP contribution in [0.15, 0.2) is 16.7 Å². The summed E-state index contributed by atoms with van der Waals surface area (Å²) in [6, 6.07) is 0.921. The third kappa shape index (κ3) is 3.75. The Morgan fingerprint density at radius 1 is 1.44 bits per heavy atom. The van der Waals surface area contributed by atoms with E-state index in [9.17, 15) is 13.2 Å². The van der Waals surface area contributed by atoms with Crippen LogP contribution in [0.3, 0.4) is 0 Å². The number of aromatic nitrogens is 1. The van der Waals surface area contributed by atoms with Crippen LogP contribution in [0.1, 0.15) is 19.4 Å². The van der Waals surface area contributed by atoms with Gasteiger partial charge in [0.2, 0.25) is 0 Å². The molecule has 0 aliphatic carbocycles. The number of hydrogen-bond donors (Lipinski definition) is 0. The maximum absolute atomic E-state index is 13.0. The van der Waals surface area contributed by atoms with Crippen molar-refractivity contribution in [3.63, 3.8) is 0 Å². The minimum atomic E-state index is -4.44. The van der Waals surface area contributed by atoms with Gasteiger partial charge in [0, 0.05) is 29.1 Å². The summed E-state index contributed by atoms with van der Waals surface area (Å²) in [7, 11) is 0. The lowest BCUT2D eigenvalue weighted by atomic mass is 10.2. The first-order chi connectivity index (χ1) is 8.27. The van der Waals surface area contributed by atoms with Gasteiger partial charge >= 0.3 is 6.18 Å². The third-order valence-electron chi connectivity index (χ3n) is 2.36. The molecular formula is C11H13BrClF3N2. The maximum atomic E-state index is 13.0. The van der Waals surface area contributed by atoms with Gasteiger partial charge in [0.05, 0.1) is 5.56 Å². The van der Waals surface area contributed by atoms with Gasteiger partial charge in [-0.25, -0.2) is 4.98 Å². The zero-order valence-corrected chi connectivity index (χ0v) is 12.3. The molecule has 0 fully saturated rings. The van der Waals surface area contributed by atoms with Gasteiger partial charge in [0.1, 0.15) is 5.82 Å². The average molecular weight is 346 g/mol. The lowest BCUT2D eigenvalue weighted by Gasteiger charge is -2.29. The number of pyridine rings is 1. The zero-order valence-electron chi connectivity index (χ0n) is 9.93. The predicted octanol–water partition coefficient (Wildman–Crippen LogP) is 4.32.